The maximum Gasteiger partial charge on any atom is 0.144 e. The Labute approximate surface area is 146 Å². The zero-order chi connectivity index (χ0) is 16.6. The standard InChI is InChI=1S/C19H18Cl2O2/c1-11-17(22)12(2)19(14-5-9-16(21)10-6-14)23-18(11)13-3-7-15(20)8-4-13/h3-12,18-19H,1-2H3/t11-,12+,18-,19+. The summed E-state index contributed by atoms with van der Waals surface area (Å²) in [5.74, 6) is -0.152. The summed E-state index contributed by atoms with van der Waals surface area (Å²) >= 11 is 11.9. The lowest BCUT2D eigenvalue weighted by Gasteiger charge is -2.38. The van der Waals surface area contributed by atoms with Crippen molar-refractivity contribution >= 4 is 29.0 Å². The summed E-state index contributed by atoms with van der Waals surface area (Å²) in [4.78, 5) is 12.7. The van der Waals surface area contributed by atoms with Crippen LogP contribution < -0.4 is 0 Å². The van der Waals surface area contributed by atoms with Crippen molar-refractivity contribution < 1.29 is 9.53 Å². The van der Waals surface area contributed by atoms with Crippen LogP contribution in [0.2, 0.25) is 10.0 Å². The molecule has 1 aliphatic rings. The van der Waals surface area contributed by atoms with E-state index >= 15 is 0 Å². The van der Waals surface area contributed by atoms with Crippen LogP contribution in [0.5, 0.6) is 0 Å². The molecule has 0 N–H and O–H groups in total. The number of ether oxygens (including phenoxy) is 1. The van der Waals surface area contributed by atoms with Crippen LogP contribution in [-0.4, -0.2) is 5.78 Å². The first kappa shape index (κ1) is 16.5. The van der Waals surface area contributed by atoms with Crippen LogP contribution in [0.25, 0.3) is 0 Å². The van der Waals surface area contributed by atoms with E-state index in [4.69, 9.17) is 27.9 Å². The minimum Gasteiger partial charge on any atom is -0.364 e. The van der Waals surface area contributed by atoms with Crippen molar-refractivity contribution in [2.24, 2.45) is 11.8 Å². The van der Waals surface area contributed by atoms with E-state index in [9.17, 15) is 4.79 Å². The normalized spacial score (nSPS) is 27.9. The molecule has 0 aromatic heterocycles. The number of Topliss-reactive ketones (excluding diaryl/α,β-unsaturated/α-hetero) is 1. The van der Waals surface area contributed by atoms with Crippen LogP contribution in [-0.2, 0) is 9.53 Å². The van der Waals surface area contributed by atoms with Crippen LogP contribution in [0.15, 0.2) is 48.5 Å². The average molecular weight is 349 g/mol. The summed E-state index contributed by atoms with van der Waals surface area (Å²) in [6, 6.07) is 15.0. The van der Waals surface area contributed by atoms with Crippen LogP contribution >= 0.6 is 23.2 Å². The molecule has 120 valence electrons. The first-order chi connectivity index (χ1) is 11.0. The molecule has 0 saturated carbocycles. The van der Waals surface area contributed by atoms with Gasteiger partial charge in [-0.1, -0.05) is 61.3 Å². The molecule has 1 aliphatic heterocycles. The van der Waals surface area contributed by atoms with Crippen molar-refractivity contribution in [1.82, 2.24) is 0 Å². The topological polar surface area (TPSA) is 26.3 Å². The number of rotatable bonds is 2. The zero-order valence-electron chi connectivity index (χ0n) is 13.0. The zero-order valence-corrected chi connectivity index (χ0v) is 14.5. The molecule has 4 heteroatoms. The highest BCUT2D eigenvalue weighted by Crippen LogP contribution is 2.43. The van der Waals surface area contributed by atoms with E-state index in [2.05, 4.69) is 0 Å². The first-order valence-electron chi connectivity index (χ1n) is 7.67. The second-order valence-electron chi connectivity index (χ2n) is 6.06. The Kier molecular flexibility index (Phi) is 4.77. The Morgan fingerprint density at radius 3 is 1.43 bits per heavy atom. The molecule has 4 atom stereocenters. The molecule has 0 spiro atoms. The predicted molar refractivity (Wildman–Crippen MR) is 92.8 cm³/mol. The van der Waals surface area contributed by atoms with Crippen molar-refractivity contribution in [2.75, 3.05) is 0 Å². The van der Waals surface area contributed by atoms with E-state index in [1.54, 1.807) is 0 Å². The molecule has 2 aromatic carbocycles. The average Bonchev–Trinajstić information content (AvgIpc) is 2.55. The number of hydrogen-bond donors (Lipinski definition) is 0. The van der Waals surface area contributed by atoms with Gasteiger partial charge in [0.2, 0.25) is 0 Å². The van der Waals surface area contributed by atoms with Crippen LogP contribution in [0.3, 0.4) is 0 Å². The number of benzene rings is 2. The lowest BCUT2D eigenvalue weighted by molar-refractivity contribution is -0.157. The fourth-order valence-corrected chi connectivity index (χ4v) is 3.40. The molecular weight excluding hydrogens is 331 g/mol. The van der Waals surface area contributed by atoms with E-state index in [1.165, 1.54) is 0 Å². The molecule has 2 nitrogen and oxygen atoms in total. The van der Waals surface area contributed by atoms with Crippen LogP contribution in [0.1, 0.15) is 37.2 Å². The third-order valence-corrected chi connectivity index (χ3v) is 5.00. The molecule has 1 fully saturated rings. The van der Waals surface area contributed by atoms with Crippen molar-refractivity contribution in [3.63, 3.8) is 0 Å². The Balaban J connectivity index is 1.94. The summed E-state index contributed by atoms with van der Waals surface area (Å²) < 4.78 is 6.33. The van der Waals surface area contributed by atoms with E-state index in [0.29, 0.717) is 10.0 Å². The minimum atomic E-state index is -0.267. The highest BCUT2D eigenvalue weighted by molar-refractivity contribution is 6.30. The molecule has 23 heavy (non-hydrogen) atoms. The van der Waals surface area contributed by atoms with Crippen LogP contribution in [0.4, 0.5) is 0 Å². The fourth-order valence-electron chi connectivity index (χ4n) is 3.15. The third kappa shape index (κ3) is 3.30. The molecule has 0 unspecified atom stereocenters. The van der Waals surface area contributed by atoms with Gasteiger partial charge in [-0.05, 0) is 35.4 Å². The van der Waals surface area contributed by atoms with Crippen molar-refractivity contribution in [2.45, 2.75) is 26.1 Å². The Morgan fingerprint density at radius 2 is 1.09 bits per heavy atom. The van der Waals surface area contributed by atoms with Gasteiger partial charge in [0.05, 0.1) is 12.2 Å². The summed E-state index contributed by atoms with van der Waals surface area (Å²) in [5.41, 5.74) is 1.95. The molecule has 0 radical (unpaired) electrons. The molecule has 1 heterocycles. The maximum atomic E-state index is 12.7. The first-order valence-corrected chi connectivity index (χ1v) is 8.43. The van der Waals surface area contributed by atoms with Gasteiger partial charge in [-0.2, -0.15) is 0 Å². The third-order valence-electron chi connectivity index (χ3n) is 4.50. The Bertz CT molecular complexity index is 635. The quantitative estimate of drug-likeness (QED) is 0.701. The van der Waals surface area contributed by atoms with E-state index in [0.717, 1.165) is 11.1 Å². The number of halogens is 2. The molecule has 1 saturated heterocycles. The second-order valence-corrected chi connectivity index (χ2v) is 6.93. The smallest absolute Gasteiger partial charge is 0.144 e. The number of carbonyl (C=O) groups excluding carboxylic acids is 1. The summed E-state index contributed by atoms with van der Waals surface area (Å²) in [5, 5.41) is 1.34. The van der Waals surface area contributed by atoms with E-state index in [-0.39, 0.29) is 29.8 Å². The Hall–Kier alpha value is -1.35. The van der Waals surface area contributed by atoms with Gasteiger partial charge in [-0.3, -0.25) is 4.79 Å². The van der Waals surface area contributed by atoms with Gasteiger partial charge in [0, 0.05) is 21.9 Å². The number of carbonyl (C=O) groups is 1. The lowest BCUT2D eigenvalue weighted by Crippen LogP contribution is -2.37. The van der Waals surface area contributed by atoms with Crippen molar-refractivity contribution in [3.05, 3.63) is 69.7 Å². The molecule has 3 rings (SSSR count). The second kappa shape index (κ2) is 6.64. The molecule has 0 aliphatic carbocycles. The maximum absolute atomic E-state index is 12.7. The van der Waals surface area contributed by atoms with Crippen molar-refractivity contribution in [3.8, 4) is 0 Å². The fraction of sp³-hybridized carbons (Fsp3) is 0.316. The van der Waals surface area contributed by atoms with Gasteiger partial charge >= 0.3 is 0 Å². The van der Waals surface area contributed by atoms with Gasteiger partial charge in [0.25, 0.3) is 0 Å². The largest absolute Gasteiger partial charge is 0.364 e. The molecular formula is C19H18Cl2O2. The van der Waals surface area contributed by atoms with Gasteiger partial charge in [0.15, 0.2) is 0 Å². The molecule has 0 bridgehead atoms. The highest BCUT2D eigenvalue weighted by atomic mass is 35.5. The van der Waals surface area contributed by atoms with E-state index < -0.39 is 0 Å². The van der Waals surface area contributed by atoms with Gasteiger partial charge in [0.1, 0.15) is 5.78 Å². The van der Waals surface area contributed by atoms with E-state index in [1.807, 2.05) is 62.4 Å². The summed E-state index contributed by atoms with van der Waals surface area (Å²) in [6.45, 7) is 3.85. The van der Waals surface area contributed by atoms with Crippen molar-refractivity contribution in [1.29, 1.82) is 0 Å². The molecule has 2 aromatic rings. The van der Waals surface area contributed by atoms with Gasteiger partial charge < -0.3 is 4.74 Å². The minimum absolute atomic E-state index is 0.185. The summed E-state index contributed by atoms with van der Waals surface area (Å²) in [7, 11) is 0. The lowest BCUT2D eigenvalue weighted by atomic mass is 9.80. The SMILES string of the molecule is C[C@@H]1C(=O)[C@H](C)[C@@H](c2ccc(Cl)cc2)O[C@H]1c1ccc(Cl)cc1. The van der Waals surface area contributed by atoms with Gasteiger partial charge in [-0.15, -0.1) is 0 Å². The molecule has 0 amide bonds. The summed E-state index contributed by atoms with van der Waals surface area (Å²) in [6.07, 6.45) is -0.534. The van der Waals surface area contributed by atoms with Gasteiger partial charge in [-0.25, -0.2) is 0 Å². The monoisotopic (exact) mass is 348 g/mol. The number of hydrogen-bond acceptors (Lipinski definition) is 2. The Morgan fingerprint density at radius 1 is 0.739 bits per heavy atom. The number of ketones is 1. The van der Waals surface area contributed by atoms with Crippen LogP contribution in [0, 0.1) is 11.8 Å². The highest BCUT2D eigenvalue weighted by Gasteiger charge is 2.41. The predicted octanol–water partition coefficient (Wildman–Crippen LogP) is 5.65.